The van der Waals surface area contributed by atoms with Gasteiger partial charge in [-0.3, -0.25) is 14.4 Å². The van der Waals surface area contributed by atoms with Crippen LogP contribution in [0.5, 0.6) is 5.75 Å². The SMILES string of the molecule is COCCCN(CC(=O)N[C@@H](CC(=O)OC)c1ccc(OC)cc1)C(=O)Cc1ccc(NC(=O)Nc2ccccc2C)cc1. The summed E-state index contributed by atoms with van der Waals surface area (Å²) >= 11 is 0. The van der Waals surface area contributed by atoms with Gasteiger partial charge in [0, 0.05) is 31.6 Å². The second-order valence-electron chi connectivity index (χ2n) is 10.1. The lowest BCUT2D eigenvalue weighted by molar-refractivity contribution is -0.142. The summed E-state index contributed by atoms with van der Waals surface area (Å²) in [6, 6.07) is 20.4. The minimum atomic E-state index is -0.653. The maximum absolute atomic E-state index is 13.3. The monoisotopic (exact) mass is 604 g/mol. The van der Waals surface area contributed by atoms with Crippen molar-refractivity contribution in [2.45, 2.75) is 32.2 Å². The van der Waals surface area contributed by atoms with Gasteiger partial charge in [-0.05, 0) is 60.4 Å². The second kappa shape index (κ2) is 17.3. The summed E-state index contributed by atoms with van der Waals surface area (Å²) in [5, 5.41) is 8.47. The molecule has 11 heteroatoms. The highest BCUT2D eigenvalue weighted by atomic mass is 16.5. The summed E-state index contributed by atoms with van der Waals surface area (Å²) < 4.78 is 15.2. The second-order valence-corrected chi connectivity index (χ2v) is 10.1. The molecule has 0 saturated carbocycles. The number of amides is 4. The fraction of sp³-hybridized carbons (Fsp3) is 0.333. The van der Waals surface area contributed by atoms with Crippen LogP contribution in [0.1, 0.15) is 35.6 Å². The number of hydrogen-bond donors (Lipinski definition) is 3. The van der Waals surface area contributed by atoms with Gasteiger partial charge in [0.15, 0.2) is 0 Å². The van der Waals surface area contributed by atoms with Crippen LogP contribution in [0.2, 0.25) is 0 Å². The van der Waals surface area contributed by atoms with Crippen LogP contribution in [0.15, 0.2) is 72.8 Å². The molecule has 44 heavy (non-hydrogen) atoms. The third-order valence-corrected chi connectivity index (χ3v) is 6.88. The van der Waals surface area contributed by atoms with Crippen LogP contribution < -0.4 is 20.7 Å². The van der Waals surface area contributed by atoms with Gasteiger partial charge in [0.25, 0.3) is 0 Å². The first-order valence-corrected chi connectivity index (χ1v) is 14.2. The fourth-order valence-corrected chi connectivity index (χ4v) is 4.43. The number of esters is 1. The summed E-state index contributed by atoms with van der Waals surface area (Å²) in [5.74, 6) is -0.506. The number of carbonyl (C=O) groups excluding carboxylic acids is 4. The van der Waals surface area contributed by atoms with Gasteiger partial charge in [-0.15, -0.1) is 0 Å². The highest BCUT2D eigenvalue weighted by molar-refractivity contribution is 6.00. The third-order valence-electron chi connectivity index (χ3n) is 6.88. The Balaban J connectivity index is 1.63. The van der Waals surface area contributed by atoms with Gasteiger partial charge in [-0.2, -0.15) is 0 Å². The molecule has 3 aromatic rings. The lowest BCUT2D eigenvalue weighted by Crippen LogP contribution is -2.43. The van der Waals surface area contributed by atoms with Gasteiger partial charge in [0.1, 0.15) is 5.75 Å². The highest BCUT2D eigenvalue weighted by Gasteiger charge is 2.23. The summed E-state index contributed by atoms with van der Waals surface area (Å²) in [4.78, 5) is 52.5. The Bertz CT molecular complexity index is 1390. The number of aryl methyl sites for hydroxylation is 1. The molecule has 0 fully saturated rings. The summed E-state index contributed by atoms with van der Waals surface area (Å²) in [6.07, 6.45) is 0.522. The van der Waals surface area contributed by atoms with Crippen molar-refractivity contribution in [3.8, 4) is 5.75 Å². The van der Waals surface area contributed by atoms with E-state index in [2.05, 4.69) is 16.0 Å². The van der Waals surface area contributed by atoms with Crippen molar-refractivity contribution >= 4 is 35.2 Å². The molecule has 0 aromatic heterocycles. The molecule has 0 unspecified atom stereocenters. The quantitative estimate of drug-likeness (QED) is 0.172. The molecular weight excluding hydrogens is 564 g/mol. The number of nitrogens with one attached hydrogen (secondary N) is 3. The fourth-order valence-electron chi connectivity index (χ4n) is 4.43. The van der Waals surface area contributed by atoms with E-state index in [-0.39, 0.29) is 31.3 Å². The van der Waals surface area contributed by atoms with Crippen molar-refractivity contribution in [2.24, 2.45) is 0 Å². The lowest BCUT2D eigenvalue weighted by Gasteiger charge is -2.25. The van der Waals surface area contributed by atoms with Crippen molar-refractivity contribution in [1.29, 1.82) is 0 Å². The topological polar surface area (TPSA) is 135 Å². The maximum atomic E-state index is 13.3. The molecular formula is C33H40N4O7. The summed E-state index contributed by atoms with van der Waals surface area (Å²) in [5.41, 5.74) is 3.64. The number of urea groups is 1. The van der Waals surface area contributed by atoms with Gasteiger partial charge < -0.3 is 35.1 Å². The number of nitrogens with zero attached hydrogens (tertiary/aromatic N) is 1. The molecule has 0 bridgehead atoms. The number of methoxy groups -OCH3 is 3. The molecule has 0 spiro atoms. The van der Waals surface area contributed by atoms with Gasteiger partial charge in [-0.25, -0.2) is 4.79 Å². The number of carbonyl (C=O) groups is 4. The largest absolute Gasteiger partial charge is 0.497 e. The first-order chi connectivity index (χ1) is 21.2. The zero-order valence-corrected chi connectivity index (χ0v) is 25.6. The van der Waals surface area contributed by atoms with Crippen LogP contribution in [0.3, 0.4) is 0 Å². The molecule has 1 atom stereocenters. The predicted octanol–water partition coefficient (Wildman–Crippen LogP) is 4.48. The normalized spacial score (nSPS) is 11.2. The summed E-state index contributed by atoms with van der Waals surface area (Å²) in [6.45, 7) is 2.44. The Morgan fingerprint density at radius 3 is 2.20 bits per heavy atom. The molecule has 234 valence electrons. The molecule has 3 N–H and O–H groups in total. The zero-order valence-electron chi connectivity index (χ0n) is 25.6. The van der Waals surface area contributed by atoms with Gasteiger partial charge in [-0.1, -0.05) is 42.5 Å². The van der Waals surface area contributed by atoms with E-state index in [0.717, 1.165) is 11.1 Å². The van der Waals surface area contributed by atoms with Crippen LogP contribution in [-0.2, 0) is 30.3 Å². The molecule has 11 nitrogen and oxygen atoms in total. The van der Waals surface area contributed by atoms with Gasteiger partial charge in [0.2, 0.25) is 11.8 Å². The van der Waals surface area contributed by atoms with Crippen molar-refractivity contribution in [3.63, 3.8) is 0 Å². The number of anilines is 2. The van der Waals surface area contributed by atoms with Crippen LogP contribution in [0.4, 0.5) is 16.2 Å². The Morgan fingerprint density at radius 2 is 1.57 bits per heavy atom. The van der Waals surface area contributed by atoms with Gasteiger partial charge in [0.05, 0.1) is 39.6 Å². The molecule has 0 aliphatic rings. The summed E-state index contributed by atoms with van der Waals surface area (Å²) in [7, 11) is 4.41. The maximum Gasteiger partial charge on any atom is 0.323 e. The van der Waals surface area contributed by atoms with Crippen LogP contribution in [0, 0.1) is 6.92 Å². The van der Waals surface area contributed by atoms with Gasteiger partial charge >= 0.3 is 12.0 Å². The van der Waals surface area contributed by atoms with E-state index in [1.807, 2.05) is 31.2 Å². The van der Waals surface area contributed by atoms with Crippen LogP contribution >= 0.6 is 0 Å². The Kier molecular flexibility index (Phi) is 13.2. The molecule has 0 aliphatic heterocycles. The van der Waals surface area contributed by atoms with Crippen molar-refractivity contribution in [3.05, 3.63) is 89.5 Å². The zero-order chi connectivity index (χ0) is 31.9. The van der Waals surface area contributed by atoms with E-state index in [9.17, 15) is 19.2 Å². The molecule has 0 radical (unpaired) electrons. The predicted molar refractivity (Wildman–Crippen MR) is 168 cm³/mol. The molecule has 0 heterocycles. The Morgan fingerprint density at radius 1 is 0.864 bits per heavy atom. The van der Waals surface area contributed by atoms with Crippen molar-refractivity contribution in [2.75, 3.05) is 51.7 Å². The van der Waals surface area contributed by atoms with E-state index in [1.54, 1.807) is 62.8 Å². The minimum Gasteiger partial charge on any atom is -0.497 e. The molecule has 0 aliphatic carbocycles. The number of rotatable bonds is 15. The van der Waals surface area contributed by atoms with E-state index in [1.165, 1.54) is 12.0 Å². The minimum absolute atomic E-state index is 0.0556. The van der Waals surface area contributed by atoms with Crippen LogP contribution in [0.25, 0.3) is 0 Å². The highest BCUT2D eigenvalue weighted by Crippen LogP contribution is 2.21. The van der Waals surface area contributed by atoms with E-state index < -0.39 is 17.9 Å². The molecule has 3 rings (SSSR count). The average molecular weight is 605 g/mol. The van der Waals surface area contributed by atoms with E-state index in [0.29, 0.717) is 42.3 Å². The number of para-hydroxylation sites is 1. The molecule has 4 amide bonds. The number of hydrogen-bond acceptors (Lipinski definition) is 7. The standard InChI is InChI=1S/C33H40N4O7/c1-23-8-5-6-9-28(23)36-33(41)34-26-14-10-24(11-15-26)20-31(39)37(18-7-19-42-2)22-30(38)35-29(21-32(40)44-4)25-12-16-27(43-3)17-13-25/h5-6,8-17,29H,7,18-22H2,1-4H3,(H,35,38)(H2,34,36,41)/t29-/m0/s1. The van der Waals surface area contributed by atoms with Crippen molar-refractivity contribution < 1.29 is 33.4 Å². The lowest BCUT2D eigenvalue weighted by atomic mass is 10.0. The number of benzene rings is 3. The smallest absolute Gasteiger partial charge is 0.323 e. The Labute approximate surface area is 257 Å². The van der Waals surface area contributed by atoms with E-state index in [4.69, 9.17) is 14.2 Å². The Hall–Kier alpha value is -4.90. The first-order valence-electron chi connectivity index (χ1n) is 14.2. The first kappa shape index (κ1) is 33.6. The number of ether oxygens (including phenoxy) is 3. The van der Waals surface area contributed by atoms with Crippen molar-refractivity contribution in [1.82, 2.24) is 10.2 Å². The average Bonchev–Trinajstić information content (AvgIpc) is 3.02. The van der Waals surface area contributed by atoms with Crippen LogP contribution in [-0.4, -0.2) is 69.7 Å². The third kappa shape index (κ3) is 10.7. The molecule has 3 aromatic carbocycles. The van der Waals surface area contributed by atoms with E-state index >= 15 is 0 Å². The molecule has 0 saturated heterocycles.